The van der Waals surface area contributed by atoms with E-state index in [1.165, 1.54) is 7.11 Å². The fourth-order valence-corrected chi connectivity index (χ4v) is 4.41. The lowest BCUT2D eigenvalue weighted by Gasteiger charge is -2.28. The molecular formula is C23H32N2O5S. The van der Waals surface area contributed by atoms with E-state index in [9.17, 15) is 13.2 Å². The summed E-state index contributed by atoms with van der Waals surface area (Å²) in [5, 5.41) is 2.85. The number of rotatable bonds is 12. The molecule has 0 saturated carbocycles. The van der Waals surface area contributed by atoms with E-state index in [1.54, 1.807) is 31.2 Å². The second-order valence-electron chi connectivity index (χ2n) is 7.28. The van der Waals surface area contributed by atoms with Crippen molar-refractivity contribution < 1.29 is 22.7 Å². The molecule has 0 bridgehead atoms. The Kier molecular flexibility index (Phi) is 9.18. The lowest BCUT2D eigenvalue weighted by Crippen LogP contribution is -2.48. The van der Waals surface area contributed by atoms with Gasteiger partial charge in [-0.3, -0.25) is 9.10 Å². The number of benzene rings is 2. The first kappa shape index (κ1) is 24.5. The van der Waals surface area contributed by atoms with Crippen LogP contribution < -0.4 is 19.1 Å². The molecule has 2 aromatic rings. The number of hydrogen-bond donors (Lipinski definition) is 1. The highest BCUT2D eigenvalue weighted by atomic mass is 32.2. The van der Waals surface area contributed by atoms with Gasteiger partial charge in [-0.05, 0) is 62.1 Å². The number of carbonyl (C=O) groups excluding carboxylic acids is 1. The third-order valence-electron chi connectivity index (χ3n) is 4.77. The molecule has 7 nitrogen and oxygen atoms in total. The second-order valence-corrected chi connectivity index (χ2v) is 9.14. The standard InChI is InChI=1S/C23H32N2O5S/c1-5-17-30-22-11-7-6-9-19(22)10-8-16-24-23(26)18(2)25(31(4,27)28)20-12-14-21(29-3)15-13-20/h6-7,9,11-15,18H,5,8,10,16-17H2,1-4H3,(H,24,26)/t18-/m1/s1. The fraction of sp³-hybridized carbons (Fsp3) is 0.435. The zero-order valence-corrected chi connectivity index (χ0v) is 19.4. The SMILES string of the molecule is CCCOc1ccccc1CCCNC(=O)[C@@H](C)N(c1ccc(OC)cc1)S(C)(=O)=O. The normalized spacial score (nSPS) is 12.1. The molecule has 0 radical (unpaired) electrons. The third-order valence-corrected chi connectivity index (χ3v) is 6.01. The van der Waals surface area contributed by atoms with Crippen LogP contribution in [0.2, 0.25) is 0 Å². The quantitative estimate of drug-likeness (QED) is 0.503. The Morgan fingerprint density at radius 3 is 2.42 bits per heavy atom. The molecule has 0 aliphatic rings. The minimum Gasteiger partial charge on any atom is -0.497 e. The van der Waals surface area contributed by atoms with Gasteiger partial charge in [0.05, 0.1) is 25.7 Å². The smallest absolute Gasteiger partial charge is 0.243 e. The second kappa shape index (κ2) is 11.6. The van der Waals surface area contributed by atoms with Gasteiger partial charge in [-0.2, -0.15) is 0 Å². The predicted molar refractivity (Wildman–Crippen MR) is 123 cm³/mol. The molecule has 31 heavy (non-hydrogen) atoms. The molecule has 2 rings (SSSR count). The van der Waals surface area contributed by atoms with Crippen molar-refractivity contribution in [1.82, 2.24) is 5.32 Å². The van der Waals surface area contributed by atoms with Crippen LogP contribution in [-0.4, -0.2) is 46.9 Å². The third kappa shape index (κ3) is 7.17. The molecule has 2 aromatic carbocycles. The van der Waals surface area contributed by atoms with Crippen molar-refractivity contribution in [3.63, 3.8) is 0 Å². The number of amides is 1. The summed E-state index contributed by atoms with van der Waals surface area (Å²) < 4.78 is 36.7. The van der Waals surface area contributed by atoms with Crippen molar-refractivity contribution in [2.24, 2.45) is 0 Å². The number of para-hydroxylation sites is 1. The molecule has 0 aliphatic heterocycles. The summed E-state index contributed by atoms with van der Waals surface area (Å²) in [4.78, 5) is 12.7. The number of hydrogen-bond acceptors (Lipinski definition) is 5. The molecule has 0 heterocycles. The molecule has 0 aliphatic carbocycles. The molecule has 0 saturated heterocycles. The summed E-state index contributed by atoms with van der Waals surface area (Å²) in [6.45, 7) is 4.74. The highest BCUT2D eigenvalue weighted by Crippen LogP contribution is 2.24. The summed E-state index contributed by atoms with van der Waals surface area (Å²) in [5.41, 5.74) is 1.50. The Balaban J connectivity index is 1.97. The fourth-order valence-electron chi connectivity index (χ4n) is 3.24. The number of aryl methyl sites for hydroxylation is 1. The van der Waals surface area contributed by atoms with E-state index in [1.807, 2.05) is 24.3 Å². The molecule has 170 valence electrons. The molecular weight excluding hydrogens is 416 g/mol. The first-order valence-corrected chi connectivity index (χ1v) is 12.2. The average Bonchev–Trinajstić information content (AvgIpc) is 2.75. The molecule has 0 aromatic heterocycles. The van der Waals surface area contributed by atoms with Crippen molar-refractivity contribution in [1.29, 1.82) is 0 Å². The van der Waals surface area contributed by atoms with Crippen molar-refractivity contribution in [2.45, 2.75) is 39.2 Å². The van der Waals surface area contributed by atoms with E-state index in [0.717, 1.165) is 34.7 Å². The molecule has 1 N–H and O–H groups in total. The summed E-state index contributed by atoms with van der Waals surface area (Å²) in [6, 6.07) is 13.6. The number of nitrogens with zero attached hydrogens (tertiary/aromatic N) is 1. The minimum atomic E-state index is -3.65. The van der Waals surface area contributed by atoms with Gasteiger partial charge in [0.25, 0.3) is 0 Å². The zero-order valence-electron chi connectivity index (χ0n) is 18.6. The van der Waals surface area contributed by atoms with E-state index < -0.39 is 16.1 Å². The van der Waals surface area contributed by atoms with Crippen LogP contribution in [0.3, 0.4) is 0 Å². The number of sulfonamides is 1. The van der Waals surface area contributed by atoms with E-state index in [2.05, 4.69) is 12.2 Å². The Hall–Kier alpha value is -2.74. The van der Waals surface area contributed by atoms with Crippen LogP contribution in [0.1, 0.15) is 32.3 Å². The van der Waals surface area contributed by atoms with E-state index >= 15 is 0 Å². The van der Waals surface area contributed by atoms with Crippen LogP contribution in [-0.2, 0) is 21.2 Å². The van der Waals surface area contributed by atoms with Gasteiger partial charge in [0.2, 0.25) is 15.9 Å². The van der Waals surface area contributed by atoms with Gasteiger partial charge < -0.3 is 14.8 Å². The zero-order chi connectivity index (χ0) is 22.9. The molecule has 1 amide bonds. The van der Waals surface area contributed by atoms with Gasteiger partial charge in [0.15, 0.2) is 0 Å². The topological polar surface area (TPSA) is 84.9 Å². The number of methoxy groups -OCH3 is 1. The predicted octanol–water partition coefficient (Wildman–Crippen LogP) is 3.39. The maximum absolute atomic E-state index is 12.7. The Morgan fingerprint density at radius 2 is 1.81 bits per heavy atom. The van der Waals surface area contributed by atoms with Crippen LogP contribution in [0, 0.1) is 0 Å². The lowest BCUT2D eigenvalue weighted by molar-refractivity contribution is -0.121. The van der Waals surface area contributed by atoms with E-state index in [0.29, 0.717) is 31.0 Å². The Labute approximate surface area is 185 Å². The molecule has 0 unspecified atom stereocenters. The van der Waals surface area contributed by atoms with Gasteiger partial charge in [-0.1, -0.05) is 25.1 Å². The van der Waals surface area contributed by atoms with Crippen LogP contribution in [0.25, 0.3) is 0 Å². The Bertz CT molecular complexity index is 945. The minimum absolute atomic E-state index is 0.350. The molecule has 0 spiro atoms. The monoisotopic (exact) mass is 448 g/mol. The van der Waals surface area contributed by atoms with Crippen LogP contribution in [0.5, 0.6) is 11.5 Å². The number of carbonyl (C=O) groups is 1. The highest BCUT2D eigenvalue weighted by Gasteiger charge is 2.28. The maximum atomic E-state index is 12.7. The summed E-state index contributed by atoms with van der Waals surface area (Å²) in [7, 11) is -2.12. The van der Waals surface area contributed by atoms with Crippen molar-refractivity contribution >= 4 is 21.6 Å². The lowest BCUT2D eigenvalue weighted by atomic mass is 10.1. The van der Waals surface area contributed by atoms with Gasteiger partial charge in [-0.15, -0.1) is 0 Å². The average molecular weight is 449 g/mol. The van der Waals surface area contributed by atoms with Gasteiger partial charge in [-0.25, -0.2) is 8.42 Å². The number of ether oxygens (including phenoxy) is 2. The van der Waals surface area contributed by atoms with Gasteiger partial charge in [0.1, 0.15) is 17.5 Å². The summed E-state index contributed by atoms with van der Waals surface area (Å²) >= 11 is 0. The van der Waals surface area contributed by atoms with Gasteiger partial charge in [0, 0.05) is 6.54 Å². The van der Waals surface area contributed by atoms with Crippen LogP contribution >= 0.6 is 0 Å². The largest absolute Gasteiger partial charge is 0.497 e. The van der Waals surface area contributed by atoms with Crippen molar-refractivity contribution in [2.75, 3.05) is 30.8 Å². The van der Waals surface area contributed by atoms with E-state index in [4.69, 9.17) is 9.47 Å². The summed E-state index contributed by atoms with van der Waals surface area (Å²) in [5.74, 6) is 1.13. The first-order valence-electron chi connectivity index (χ1n) is 10.4. The van der Waals surface area contributed by atoms with Crippen LogP contribution in [0.4, 0.5) is 5.69 Å². The van der Waals surface area contributed by atoms with Crippen LogP contribution in [0.15, 0.2) is 48.5 Å². The molecule has 0 fully saturated rings. The summed E-state index contributed by atoms with van der Waals surface area (Å²) in [6.07, 6.45) is 3.50. The number of nitrogens with one attached hydrogen (secondary N) is 1. The van der Waals surface area contributed by atoms with E-state index in [-0.39, 0.29) is 5.91 Å². The number of anilines is 1. The first-order chi connectivity index (χ1) is 14.8. The molecule has 1 atom stereocenters. The van der Waals surface area contributed by atoms with Crippen molar-refractivity contribution in [3.8, 4) is 11.5 Å². The Morgan fingerprint density at radius 1 is 1.13 bits per heavy atom. The van der Waals surface area contributed by atoms with Gasteiger partial charge >= 0.3 is 0 Å². The highest BCUT2D eigenvalue weighted by molar-refractivity contribution is 7.92. The maximum Gasteiger partial charge on any atom is 0.243 e. The van der Waals surface area contributed by atoms with Crippen molar-refractivity contribution in [3.05, 3.63) is 54.1 Å². The molecule has 8 heteroatoms.